The first-order valence-corrected chi connectivity index (χ1v) is 9.29. The Kier molecular flexibility index (Phi) is 5.95. The van der Waals surface area contributed by atoms with E-state index in [1.807, 2.05) is 0 Å². The quantitative estimate of drug-likeness (QED) is 0.786. The summed E-state index contributed by atoms with van der Waals surface area (Å²) in [6.07, 6.45) is 2.40. The molecular formula is C16H22N2O5S. The first-order valence-electron chi connectivity index (χ1n) is 7.85. The molecule has 1 heterocycles. The summed E-state index contributed by atoms with van der Waals surface area (Å²) in [6.45, 7) is 0.800. The van der Waals surface area contributed by atoms with Gasteiger partial charge in [0.15, 0.2) is 0 Å². The number of nitrogens with zero attached hydrogens (tertiary/aromatic N) is 2. The third-order valence-electron chi connectivity index (χ3n) is 4.05. The predicted octanol–water partition coefficient (Wildman–Crippen LogP) is 0.947. The lowest BCUT2D eigenvalue weighted by molar-refractivity contribution is -0.143. The highest BCUT2D eigenvalue weighted by molar-refractivity contribution is 7.89. The van der Waals surface area contributed by atoms with Crippen molar-refractivity contribution in [2.45, 2.75) is 30.6 Å². The second kappa shape index (κ2) is 7.76. The van der Waals surface area contributed by atoms with E-state index in [2.05, 4.69) is 0 Å². The van der Waals surface area contributed by atoms with Crippen molar-refractivity contribution in [2.75, 3.05) is 26.7 Å². The Labute approximate surface area is 141 Å². The van der Waals surface area contributed by atoms with Crippen LogP contribution in [-0.2, 0) is 26.0 Å². The molecular weight excluding hydrogens is 332 g/mol. The van der Waals surface area contributed by atoms with Gasteiger partial charge in [0, 0.05) is 26.6 Å². The third kappa shape index (κ3) is 4.55. The normalized spacial score (nSPS) is 15.4. The van der Waals surface area contributed by atoms with Gasteiger partial charge in [-0.3, -0.25) is 9.59 Å². The van der Waals surface area contributed by atoms with Crippen LogP contribution in [0.3, 0.4) is 0 Å². The van der Waals surface area contributed by atoms with Gasteiger partial charge in [0.1, 0.15) is 6.54 Å². The summed E-state index contributed by atoms with van der Waals surface area (Å²) < 4.78 is 26.3. The largest absolute Gasteiger partial charge is 0.480 e. The number of sulfonamides is 1. The van der Waals surface area contributed by atoms with E-state index in [1.54, 1.807) is 24.3 Å². The van der Waals surface area contributed by atoms with Crippen molar-refractivity contribution in [1.29, 1.82) is 0 Å². The van der Waals surface area contributed by atoms with E-state index < -0.39 is 16.0 Å². The number of carbonyl (C=O) groups is 2. The molecule has 0 bridgehead atoms. The van der Waals surface area contributed by atoms with Crippen LogP contribution in [-0.4, -0.2) is 61.3 Å². The number of benzene rings is 1. The standard InChI is InChI=1S/C16H22N2O5S/c1-17(12-16(20)21)15(19)9-6-13-4-7-14(8-5-13)24(22,23)18-10-2-3-11-18/h4-5,7-8H,2-3,6,9-12H2,1H3,(H,20,21). The van der Waals surface area contributed by atoms with Crippen molar-refractivity contribution in [3.8, 4) is 0 Å². The number of aliphatic carboxylic acids is 1. The summed E-state index contributed by atoms with van der Waals surface area (Å²) in [6, 6.07) is 6.53. The smallest absolute Gasteiger partial charge is 0.323 e. The van der Waals surface area contributed by atoms with Gasteiger partial charge < -0.3 is 10.0 Å². The van der Waals surface area contributed by atoms with Crippen molar-refractivity contribution < 1.29 is 23.1 Å². The van der Waals surface area contributed by atoms with Crippen molar-refractivity contribution in [3.05, 3.63) is 29.8 Å². The lowest BCUT2D eigenvalue weighted by Gasteiger charge is -2.16. The Bertz CT molecular complexity index is 694. The first kappa shape index (κ1) is 18.4. The SMILES string of the molecule is CN(CC(=O)O)C(=O)CCc1ccc(S(=O)(=O)N2CCCC2)cc1. The van der Waals surface area contributed by atoms with Crippen LogP contribution < -0.4 is 0 Å². The molecule has 0 atom stereocenters. The number of carbonyl (C=O) groups excluding carboxylic acids is 1. The minimum atomic E-state index is -3.42. The van der Waals surface area contributed by atoms with E-state index in [1.165, 1.54) is 11.4 Å². The monoisotopic (exact) mass is 354 g/mol. The molecule has 1 fully saturated rings. The lowest BCUT2D eigenvalue weighted by Crippen LogP contribution is -2.32. The number of likely N-dealkylation sites (N-methyl/N-ethyl adjacent to an activating group) is 1. The van der Waals surface area contributed by atoms with Crippen LogP contribution in [0, 0.1) is 0 Å². The summed E-state index contributed by atoms with van der Waals surface area (Å²) >= 11 is 0. The molecule has 1 aliphatic heterocycles. The maximum atomic E-state index is 12.4. The highest BCUT2D eigenvalue weighted by Gasteiger charge is 2.26. The molecule has 2 rings (SSSR count). The highest BCUT2D eigenvalue weighted by Crippen LogP contribution is 2.21. The van der Waals surface area contributed by atoms with Gasteiger partial charge in [-0.05, 0) is 37.0 Å². The van der Waals surface area contributed by atoms with Gasteiger partial charge in [0.2, 0.25) is 15.9 Å². The summed E-state index contributed by atoms with van der Waals surface area (Å²) in [5.74, 6) is -1.31. The Morgan fingerprint density at radius 2 is 1.75 bits per heavy atom. The highest BCUT2D eigenvalue weighted by atomic mass is 32.2. The topological polar surface area (TPSA) is 95.0 Å². The van der Waals surface area contributed by atoms with Crippen molar-refractivity contribution in [3.63, 3.8) is 0 Å². The van der Waals surface area contributed by atoms with E-state index in [0.717, 1.165) is 23.3 Å². The second-order valence-electron chi connectivity index (χ2n) is 5.90. The van der Waals surface area contributed by atoms with Gasteiger partial charge in [-0.15, -0.1) is 0 Å². The third-order valence-corrected chi connectivity index (χ3v) is 5.96. The van der Waals surface area contributed by atoms with E-state index in [0.29, 0.717) is 19.5 Å². The molecule has 0 unspecified atom stereocenters. The van der Waals surface area contributed by atoms with E-state index in [9.17, 15) is 18.0 Å². The molecule has 0 radical (unpaired) electrons. The molecule has 0 aliphatic carbocycles. The van der Waals surface area contributed by atoms with E-state index in [4.69, 9.17) is 5.11 Å². The van der Waals surface area contributed by atoms with Gasteiger partial charge in [0.05, 0.1) is 4.90 Å². The summed E-state index contributed by atoms with van der Waals surface area (Å²) in [5, 5.41) is 8.66. The summed E-state index contributed by atoms with van der Waals surface area (Å²) in [7, 11) is -1.97. The number of hydrogen-bond acceptors (Lipinski definition) is 4. The van der Waals surface area contributed by atoms with Crippen LogP contribution in [0.1, 0.15) is 24.8 Å². The molecule has 7 nitrogen and oxygen atoms in total. The van der Waals surface area contributed by atoms with Gasteiger partial charge in [-0.2, -0.15) is 4.31 Å². The van der Waals surface area contributed by atoms with Gasteiger partial charge in [0.25, 0.3) is 0 Å². The van der Waals surface area contributed by atoms with Crippen LogP contribution in [0.25, 0.3) is 0 Å². The lowest BCUT2D eigenvalue weighted by atomic mass is 10.1. The molecule has 8 heteroatoms. The first-order chi connectivity index (χ1) is 11.3. The second-order valence-corrected chi connectivity index (χ2v) is 7.84. The minimum absolute atomic E-state index is 0.183. The van der Waals surface area contributed by atoms with Crippen LogP contribution in [0.2, 0.25) is 0 Å². The maximum Gasteiger partial charge on any atom is 0.323 e. The number of aryl methyl sites for hydroxylation is 1. The fourth-order valence-corrected chi connectivity index (χ4v) is 4.16. The average Bonchev–Trinajstić information content (AvgIpc) is 3.07. The fraction of sp³-hybridized carbons (Fsp3) is 0.500. The number of carboxylic acid groups (broad SMARTS) is 1. The molecule has 0 saturated carbocycles. The Morgan fingerprint density at radius 1 is 1.17 bits per heavy atom. The molecule has 1 aromatic carbocycles. The van der Waals surface area contributed by atoms with E-state index >= 15 is 0 Å². The molecule has 24 heavy (non-hydrogen) atoms. The maximum absolute atomic E-state index is 12.4. The number of hydrogen-bond donors (Lipinski definition) is 1. The fourth-order valence-electron chi connectivity index (χ4n) is 2.64. The Hall–Kier alpha value is -1.93. The van der Waals surface area contributed by atoms with Gasteiger partial charge in [-0.25, -0.2) is 8.42 Å². The Morgan fingerprint density at radius 3 is 2.29 bits per heavy atom. The van der Waals surface area contributed by atoms with Gasteiger partial charge >= 0.3 is 5.97 Å². The zero-order valence-electron chi connectivity index (χ0n) is 13.6. The summed E-state index contributed by atoms with van der Waals surface area (Å²) in [5.41, 5.74) is 0.840. The van der Waals surface area contributed by atoms with Crippen LogP contribution in [0.5, 0.6) is 0 Å². The summed E-state index contributed by atoms with van der Waals surface area (Å²) in [4.78, 5) is 23.8. The molecule has 0 aromatic heterocycles. The molecule has 1 amide bonds. The van der Waals surface area contributed by atoms with Crippen LogP contribution >= 0.6 is 0 Å². The van der Waals surface area contributed by atoms with Crippen LogP contribution in [0.4, 0.5) is 0 Å². The van der Waals surface area contributed by atoms with Gasteiger partial charge in [-0.1, -0.05) is 12.1 Å². The molecule has 1 saturated heterocycles. The minimum Gasteiger partial charge on any atom is -0.480 e. The average molecular weight is 354 g/mol. The predicted molar refractivity (Wildman–Crippen MR) is 88.0 cm³/mol. The Balaban J connectivity index is 1.95. The molecule has 1 aliphatic rings. The zero-order valence-corrected chi connectivity index (χ0v) is 14.5. The molecule has 0 spiro atoms. The molecule has 1 aromatic rings. The van der Waals surface area contributed by atoms with E-state index in [-0.39, 0.29) is 23.8 Å². The van der Waals surface area contributed by atoms with Crippen molar-refractivity contribution in [1.82, 2.24) is 9.21 Å². The van der Waals surface area contributed by atoms with Crippen molar-refractivity contribution >= 4 is 21.9 Å². The van der Waals surface area contributed by atoms with Crippen molar-refractivity contribution in [2.24, 2.45) is 0 Å². The van der Waals surface area contributed by atoms with Crippen LogP contribution in [0.15, 0.2) is 29.2 Å². The molecule has 132 valence electrons. The number of carboxylic acids is 1. The zero-order chi connectivity index (χ0) is 17.7. The number of rotatable bonds is 7. The molecule has 1 N–H and O–H groups in total. The number of amides is 1.